The van der Waals surface area contributed by atoms with Crippen molar-refractivity contribution in [3.63, 3.8) is 0 Å². The van der Waals surface area contributed by atoms with E-state index in [0.29, 0.717) is 13.2 Å². The Labute approximate surface area is 275 Å². The van der Waals surface area contributed by atoms with E-state index >= 15 is 0 Å². The number of hydrogen-bond donors (Lipinski definition) is 1. The number of phosphoric acid groups is 1. The third-order valence-electron chi connectivity index (χ3n) is 7.69. The fourth-order valence-corrected chi connectivity index (χ4v) is 6.73. The van der Waals surface area contributed by atoms with Crippen LogP contribution in [0.4, 0.5) is 0 Å². The summed E-state index contributed by atoms with van der Waals surface area (Å²) in [5, 5.41) is 0. The molecule has 0 bridgehead atoms. The Hall–Kier alpha value is -2.22. The minimum absolute atomic E-state index is 0.135. The summed E-state index contributed by atoms with van der Waals surface area (Å²) >= 11 is 1.67. The van der Waals surface area contributed by atoms with E-state index < -0.39 is 13.9 Å². The third kappa shape index (κ3) is 16.3. The number of thiazole rings is 1. The van der Waals surface area contributed by atoms with Gasteiger partial charge in [0.1, 0.15) is 24.2 Å². The number of benzene rings is 2. The first-order valence-electron chi connectivity index (χ1n) is 16.9. The van der Waals surface area contributed by atoms with Crippen LogP contribution in [0.5, 0.6) is 11.5 Å². The summed E-state index contributed by atoms with van der Waals surface area (Å²) in [5.74, 6) is 1.04. The standard InChI is InChI=1S/C36H54NO6PS/c1-4-6-7-8-9-10-11-12-13-14-15-16-19-32-20-17-22-34(24-32)41-28-36(40-5-2)29-42-44(38,39)43-35-23-18-21-33(25-35)27-37-26-31(3)45-30-37/h17-18,20-26,30,36H,4-16,19,27-29H2,1-3H3/p+1. The average Bonchev–Trinajstić information content (AvgIpc) is 3.43. The Morgan fingerprint density at radius 1 is 0.822 bits per heavy atom. The first-order chi connectivity index (χ1) is 21.9. The van der Waals surface area contributed by atoms with Gasteiger partial charge in [-0.1, -0.05) is 113 Å². The maximum atomic E-state index is 12.8. The predicted molar refractivity (Wildman–Crippen MR) is 183 cm³/mol. The van der Waals surface area contributed by atoms with E-state index in [4.69, 9.17) is 18.5 Å². The summed E-state index contributed by atoms with van der Waals surface area (Å²) in [7, 11) is -4.37. The number of nitrogens with zero attached hydrogens (tertiary/aromatic N) is 1. The van der Waals surface area contributed by atoms with E-state index in [1.807, 2.05) is 30.6 Å². The number of ether oxygens (including phenoxy) is 2. The number of phosphoric ester groups is 1. The molecule has 0 spiro atoms. The van der Waals surface area contributed by atoms with Crippen molar-refractivity contribution in [2.45, 2.75) is 117 Å². The minimum atomic E-state index is -4.37. The Morgan fingerprint density at radius 3 is 2.09 bits per heavy atom. The topological polar surface area (TPSA) is 78.1 Å². The SMILES string of the molecule is CCCCCCCCCCCCCCc1cccc(OCC(COP(=O)(O)Oc2cccc(C[n+]3csc(C)c3)c2)OCC)c1. The van der Waals surface area contributed by atoms with Gasteiger partial charge in [-0.3, -0.25) is 9.42 Å². The predicted octanol–water partition coefficient (Wildman–Crippen LogP) is 9.62. The molecule has 0 amide bonds. The first-order valence-corrected chi connectivity index (χ1v) is 19.3. The molecule has 2 atom stereocenters. The molecule has 2 unspecified atom stereocenters. The van der Waals surface area contributed by atoms with Crippen LogP contribution >= 0.6 is 19.2 Å². The number of rotatable bonds is 25. The van der Waals surface area contributed by atoms with Crippen LogP contribution in [0.3, 0.4) is 0 Å². The van der Waals surface area contributed by atoms with E-state index in [2.05, 4.69) is 36.7 Å². The molecule has 0 fully saturated rings. The fourth-order valence-electron chi connectivity index (χ4n) is 5.31. The number of aromatic nitrogens is 1. The average molecular weight is 661 g/mol. The van der Waals surface area contributed by atoms with Gasteiger partial charge in [0.25, 0.3) is 0 Å². The second-order valence-electron chi connectivity index (χ2n) is 11.8. The maximum Gasteiger partial charge on any atom is 0.527 e. The molecule has 1 heterocycles. The lowest BCUT2D eigenvalue weighted by Gasteiger charge is -2.20. The summed E-state index contributed by atoms with van der Waals surface area (Å²) in [6, 6.07) is 15.3. The number of unbranched alkanes of at least 4 members (excludes halogenated alkanes) is 11. The third-order valence-corrected chi connectivity index (χ3v) is 9.46. The fraction of sp³-hybridized carbons (Fsp3) is 0.583. The molecule has 7 nitrogen and oxygen atoms in total. The van der Waals surface area contributed by atoms with Gasteiger partial charge in [-0.25, -0.2) is 4.57 Å². The molecular weight excluding hydrogens is 605 g/mol. The second kappa shape index (κ2) is 21.6. The van der Waals surface area contributed by atoms with E-state index in [1.165, 1.54) is 87.5 Å². The highest BCUT2D eigenvalue weighted by Gasteiger charge is 2.26. The van der Waals surface area contributed by atoms with Crippen molar-refractivity contribution in [3.8, 4) is 11.5 Å². The van der Waals surface area contributed by atoms with Crippen LogP contribution in [-0.2, 0) is 26.8 Å². The van der Waals surface area contributed by atoms with Crippen molar-refractivity contribution in [3.05, 3.63) is 76.2 Å². The van der Waals surface area contributed by atoms with Crippen LogP contribution in [-0.4, -0.2) is 30.8 Å². The van der Waals surface area contributed by atoms with Gasteiger partial charge < -0.3 is 14.0 Å². The van der Waals surface area contributed by atoms with Crippen molar-refractivity contribution in [2.75, 3.05) is 19.8 Å². The molecule has 1 aromatic heterocycles. The molecule has 0 aliphatic heterocycles. The highest BCUT2D eigenvalue weighted by molar-refractivity contribution is 7.47. The number of hydrogen-bond acceptors (Lipinski definition) is 6. The van der Waals surface area contributed by atoms with Gasteiger partial charge in [0.05, 0.1) is 11.5 Å². The number of aryl methyl sites for hydroxylation is 2. The van der Waals surface area contributed by atoms with Gasteiger partial charge in [0, 0.05) is 12.2 Å². The van der Waals surface area contributed by atoms with Crippen LogP contribution in [0.2, 0.25) is 0 Å². The lowest BCUT2D eigenvalue weighted by Crippen LogP contribution is -2.30. The summed E-state index contributed by atoms with van der Waals surface area (Å²) in [4.78, 5) is 11.6. The van der Waals surface area contributed by atoms with Gasteiger partial charge >= 0.3 is 7.82 Å². The van der Waals surface area contributed by atoms with Crippen LogP contribution in [0, 0.1) is 6.92 Å². The summed E-state index contributed by atoms with van der Waals surface area (Å²) in [6.45, 7) is 7.32. The molecule has 250 valence electrons. The van der Waals surface area contributed by atoms with E-state index in [0.717, 1.165) is 17.7 Å². The van der Waals surface area contributed by atoms with Gasteiger partial charge in [0.2, 0.25) is 5.51 Å². The zero-order valence-electron chi connectivity index (χ0n) is 27.7. The van der Waals surface area contributed by atoms with Crippen LogP contribution in [0.25, 0.3) is 0 Å². The van der Waals surface area contributed by atoms with Gasteiger partial charge in [-0.15, -0.1) is 0 Å². The van der Waals surface area contributed by atoms with Gasteiger partial charge in [-0.05, 0) is 56.5 Å². The molecule has 0 aliphatic rings. The summed E-state index contributed by atoms with van der Waals surface area (Å²) in [5.41, 5.74) is 4.25. The molecule has 0 aliphatic carbocycles. The van der Waals surface area contributed by atoms with Crippen LogP contribution in [0.1, 0.15) is 107 Å². The first kappa shape index (κ1) is 37.2. The maximum absolute atomic E-state index is 12.8. The Kier molecular flexibility index (Phi) is 17.8. The molecular formula is C36H55NO6PS+. The van der Waals surface area contributed by atoms with E-state index in [9.17, 15) is 9.46 Å². The zero-order valence-corrected chi connectivity index (χ0v) is 29.4. The van der Waals surface area contributed by atoms with Gasteiger partial charge in [-0.2, -0.15) is 4.57 Å². The van der Waals surface area contributed by atoms with Crippen molar-refractivity contribution in [2.24, 2.45) is 0 Å². The minimum Gasteiger partial charge on any atom is -0.491 e. The molecule has 9 heteroatoms. The summed E-state index contributed by atoms with van der Waals surface area (Å²) < 4.78 is 37.3. The quantitative estimate of drug-likeness (QED) is 0.0554. The van der Waals surface area contributed by atoms with E-state index in [1.54, 1.807) is 29.5 Å². The second-order valence-corrected chi connectivity index (χ2v) is 14.3. The smallest absolute Gasteiger partial charge is 0.491 e. The lowest BCUT2D eigenvalue weighted by molar-refractivity contribution is -0.683. The van der Waals surface area contributed by atoms with Crippen molar-refractivity contribution < 1.29 is 32.5 Å². The zero-order chi connectivity index (χ0) is 32.2. The van der Waals surface area contributed by atoms with Crippen LogP contribution < -0.4 is 13.8 Å². The Balaban J connectivity index is 1.35. The Bertz CT molecular complexity index is 1270. The highest BCUT2D eigenvalue weighted by atomic mass is 32.1. The largest absolute Gasteiger partial charge is 0.527 e. The molecule has 1 N–H and O–H groups in total. The highest BCUT2D eigenvalue weighted by Crippen LogP contribution is 2.44. The molecule has 0 saturated heterocycles. The summed E-state index contributed by atoms with van der Waals surface area (Å²) in [6.07, 6.45) is 18.7. The molecule has 45 heavy (non-hydrogen) atoms. The molecule has 3 aromatic rings. The van der Waals surface area contributed by atoms with Crippen LogP contribution in [0.15, 0.2) is 60.2 Å². The monoisotopic (exact) mass is 660 g/mol. The molecule has 0 radical (unpaired) electrons. The van der Waals surface area contributed by atoms with Crippen molar-refractivity contribution in [1.82, 2.24) is 0 Å². The molecule has 3 rings (SSSR count). The molecule has 2 aromatic carbocycles. The lowest BCUT2D eigenvalue weighted by atomic mass is 10.0. The van der Waals surface area contributed by atoms with Crippen molar-refractivity contribution >= 4 is 19.2 Å². The van der Waals surface area contributed by atoms with E-state index in [-0.39, 0.29) is 19.0 Å². The van der Waals surface area contributed by atoms with Crippen molar-refractivity contribution in [1.29, 1.82) is 0 Å². The Morgan fingerprint density at radius 2 is 1.44 bits per heavy atom. The van der Waals surface area contributed by atoms with Gasteiger partial charge in [0.15, 0.2) is 12.7 Å². The molecule has 0 saturated carbocycles. The normalized spacial score (nSPS) is 13.4.